The Kier molecular flexibility index (Phi) is 5.62. The summed E-state index contributed by atoms with van der Waals surface area (Å²) in [6.07, 6.45) is 5.09. The van der Waals surface area contributed by atoms with E-state index in [1.165, 1.54) is 36.9 Å². The van der Waals surface area contributed by atoms with E-state index in [-0.39, 0.29) is 0 Å². The molecule has 2 aromatic carbocycles. The van der Waals surface area contributed by atoms with Crippen LogP contribution in [0.15, 0.2) is 60.2 Å². The van der Waals surface area contributed by atoms with Gasteiger partial charge in [-0.2, -0.15) is 0 Å². The fourth-order valence-electron chi connectivity index (χ4n) is 4.21. The minimum atomic E-state index is 0.823. The lowest BCUT2D eigenvalue weighted by Gasteiger charge is -2.37. The molecule has 0 amide bonds. The van der Waals surface area contributed by atoms with Crippen molar-refractivity contribution in [3.05, 3.63) is 70.8 Å². The minimum absolute atomic E-state index is 0.823. The second-order valence-corrected chi connectivity index (χ2v) is 7.83. The molecule has 4 rings (SSSR count). The molecule has 0 radical (unpaired) electrons. The van der Waals surface area contributed by atoms with E-state index < -0.39 is 0 Å². The normalized spacial score (nSPS) is 19.0. The molecule has 1 fully saturated rings. The van der Waals surface area contributed by atoms with Crippen LogP contribution < -0.4 is 4.90 Å². The molecule has 2 nitrogen and oxygen atoms in total. The van der Waals surface area contributed by atoms with Crippen molar-refractivity contribution >= 4 is 22.9 Å². The van der Waals surface area contributed by atoms with Crippen LogP contribution in [0.4, 0.5) is 5.69 Å². The maximum atomic E-state index is 6.08. The molecule has 1 aliphatic carbocycles. The Bertz CT molecular complexity index is 744. The highest BCUT2D eigenvalue weighted by atomic mass is 35.5. The SMILES string of the molecule is Clc1ccc(C2=C(CN3CCN(c4ccccc4)CC3)CCCC2)cc1. The first-order valence-corrected chi connectivity index (χ1v) is 10.2. The lowest BCUT2D eigenvalue weighted by molar-refractivity contribution is 0.275. The average Bonchev–Trinajstić information content (AvgIpc) is 2.70. The number of anilines is 1. The molecule has 2 aromatic rings. The third kappa shape index (κ3) is 4.13. The molecule has 26 heavy (non-hydrogen) atoms. The van der Waals surface area contributed by atoms with E-state index in [9.17, 15) is 0 Å². The number of halogens is 1. The molecule has 0 spiro atoms. The van der Waals surface area contributed by atoms with Crippen LogP contribution in [0.1, 0.15) is 31.2 Å². The number of para-hydroxylation sites is 1. The molecule has 2 aliphatic rings. The molecule has 0 N–H and O–H groups in total. The van der Waals surface area contributed by atoms with Crippen molar-refractivity contribution in [1.82, 2.24) is 4.90 Å². The Balaban J connectivity index is 1.43. The number of piperazine rings is 1. The fraction of sp³-hybridized carbons (Fsp3) is 0.391. The monoisotopic (exact) mass is 366 g/mol. The van der Waals surface area contributed by atoms with Gasteiger partial charge in [0.2, 0.25) is 0 Å². The van der Waals surface area contributed by atoms with E-state index in [0.717, 1.165) is 37.7 Å². The van der Waals surface area contributed by atoms with E-state index in [1.807, 2.05) is 12.1 Å². The molecular formula is C23H27ClN2. The zero-order valence-corrected chi connectivity index (χ0v) is 16.1. The predicted octanol–water partition coefficient (Wildman–Crippen LogP) is 5.49. The van der Waals surface area contributed by atoms with Crippen molar-refractivity contribution in [3.8, 4) is 0 Å². The van der Waals surface area contributed by atoms with Gasteiger partial charge in [-0.05, 0) is 61.1 Å². The summed E-state index contributed by atoms with van der Waals surface area (Å²) in [5.74, 6) is 0. The van der Waals surface area contributed by atoms with E-state index in [0.29, 0.717) is 0 Å². The van der Waals surface area contributed by atoms with E-state index >= 15 is 0 Å². The van der Waals surface area contributed by atoms with Crippen LogP contribution in [-0.4, -0.2) is 37.6 Å². The first kappa shape index (κ1) is 17.6. The Morgan fingerprint density at radius 1 is 0.769 bits per heavy atom. The second kappa shape index (κ2) is 8.28. The smallest absolute Gasteiger partial charge is 0.0406 e. The molecule has 0 saturated carbocycles. The fourth-order valence-corrected chi connectivity index (χ4v) is 4.34. The van der Waals surface area contributed by atoms with Crippen molar-refractivity contribution in [3.63, 3.8) is 0 Å². The van der Waals surface area contributed by atoms with Crippen LogP contribution in [0.5, 0.6) is 0 Å². The molecule has 1 heterocycles. The van der Waals surface area contributed by atoms with Crippen molar-refractivity contribution in [2.75, 3.05) is 37.6 Å². The topological polar surface area (TPSA) is 6.48 Å². The van der Waals surface area contributed by atoms with Crippen molar-refractivity contribution in [1.29, 1.82) is 0 Å². The first-order valence-electron chi connectivity index (χ1n) is 9.79. The zero-order chi connectivity index (χ0) is 17.8. The van der Waals surface area contributed by atoms with Gasteiger partial charge >= 0.3 is 0 Å². The van der Waals surface area contributed by atoms with Gasteiger partial charge in [0, 0.05) is 43.4 Å². The highest BCUT2D eigenvalue weighted by Crippen LogP contribution is 2.33. The van der Waals surface area contributed by atoms with Gasteiger partial charge in [-0.15, -0.1) is 0 Å². The summed E-state index contributed by atoms with van der Waals surface area (Å²) in [5.41, 5.74) is 5.93. The van der Waals surface area contributed by atoms with Crippen LogP contribution >= 0.6 is 11.6 Å². The lowest BCUT2D eigenvalue weighted by Crippen LogP contribution is -2.47. The van der Waals surface area contributed by atoms with E-state index in [4.69, 9.17) is 11.6 Å². The highest BCUT2D eigenvalue weighted by molar-refractivity contribution is 6.30. The first-order chi connectivity index (χ1) is 12.8. The Hall–Kier alpha value is -1.77. The van der Waals surface area contributed by atoms with Gasteiger partial charge in [-0.25, -0.2) is 0 Å². The minimum Gasteiger partial charge on any atom is -0.369 e. The summed E-state index contributed by atoms with van der Waals surface area (Å²) in [4.78, 5) is 5.14. The van der Waals surface area contributed by atoms with Gasteiger partial charge in [-0.1, -0.05) is 47.5 Å². The van der Waals surface area contributed by atoms with E-state index in [2.05, 4.69) is 52.3 Å². The Labute approximate surface area is 162 Å². The van der Waals surface area contributed by atoms with Crippen LogP contribution in [0.3, 0.4) is 0 Å². The van der Waals surface area contributed by atoms with Crippen LogP contribution in [0.2, 0.25) is 5.02 Å². The lowest BCUT2D eigenvalue weighted by atomic mass is 9.87. The Morgan fingerprint density at radius 2 is 1.46 bits per heavy atom. The molecule has 0 atom stereocenters. The summed E-state index contributed by atoms with van der Waals surface area (Å²) in [6.45, 7) is 5.65. The van der Waals surface area contributed by atoms with Gasteiger partial charge in [0.1, 0.15) is 0 Å². The summed E-state index contributed by atoms with van der Waals surface area (Å²) < 4.78 is 0. The average molecular weight is 367 g/mol. The van der Waals surface area contributed by atoms with Crippen molar-refractivity contribution in [2.45, 2.75) is 25.7 Å². The van der Waals surface area contributed by atoms with Crippen molar-refractivity contribution < 1.29 is 0 Å². The molecule has 0 bridgehead atoms. The number of benzene rings is 2. The predicted molar refractivity (Wildman–Crippen MR) is 112 cm³/mol. The number of hydrogen-bond acceptors (Lipinski definition) is 2. The highest BCUT2D eigenvalue weighted by Gasteiger charge is 2.21. The molecule has 0 unspecified atom stereocenters. The third-order valence-corrected chi connectivity index (χ3v) is 5.93. The van der Waals surface area contributed by atoms with Gasteiger partial charge < -0.3 is 4.90 Å². The molecule has 1 saturated heterocycles. The summed E-state index contributed by atoms with van der Waals surface area (Å²) >= 11 is 6.08. The molecule has 136 valence electrons. The number of allylic oxidation sites excluding steroid dienone is 1. The zero-order valence-electron chi connectivity index (χ0n) is 15.3. The summed E-state index contributed by atoms with van der Waals surface area (Å²) in [5, 5.41) is 0.823. The number of hydrogen-bond donors (Lipinski definition) is 0. The summed E-state index contributed by atoms with van der Waals surface area (Å²) in [6, 6.07) is 19.2. The molecular weight excluding hydrogens is 340 g/mol. The standard InChI is InChI=1S/C23H27ClN2/c24-21-12-10-19(11-13-21)23-9-5-4-6-20(23)18-25-14-16-26(17-15-25)22-7-2-1-3-8-22/h1-3,7-8,10-13H,4-6,9,14-18H2. The van der Waals surface area contributed by atoms with Gasteiger partial charge in [0.15, 0.2) is 0 Å². The molecule has 1 aliphatic heterocycles. The maximum absolute atomic E-state index is 6.08. The quantitative estimate of drug-likeness (QED) is 0.705. The van der Waals surface area contributed by atoms with Gasteiger partial charge in [0.05, 0.1) is 0 Å². The van der Waals surface area contributed by atoms with Crippen molar-refractivity contribution in [2.24, 2.45) is 0 Å². The maximum Gasteiger partial charge on any atom is 0.0406 e. The Morgan fingerprint density at radius 3 is 2.19 bits per heavy atom. The van der Waals surface area contributed by atoms with E-state index in [1.54, 1.807) is 11.1 Å². The van der Waals surface area contributed by atoms with Crippen LogP contribution in [0, 0.1) is 0 Å². The summed E-state index contributed by atoms with van der Waals surface area (Å²) in [7, 11) is 0. The number of rotatable bonds is 4. The largest absolute Gasteiger partial charge is 0.369 e. The third-order valence-electron chi connectivity index (χ3n) is 5.68. The molecule has 0 aromatic heterocycles. The second-order valence-electron chi connectivity index (χ2n) is 7.39. The van der Waals surface area contributed by atoms with Gasteiger partial charge in [0.25, 0.3) is 0 Å². The molecule has 3 heteroatoms. The van der Waals surface area contributed by atoms with Gasteiger partial charge in [-0.3, -0.25) is 4.90 Å². The van der Waals surface area contributed by atoms with Crippen LogP contribution in [-0.2, 0) is 0 Å². The van der Waals surface area contributed by atoms with Crippen LogP contribution in [0.25, 0.3) is 5.57 Å². The number of nitrogens with zero attached hydrogens (tertiary/aromatic N) is 2.